The molecule has 0 spiro atoms. The monoisotopic (exact) mass is 450 g/mol. The molecule has 0 unspecified atom stereocenters. The van der Waals surface area contributed by atoms with Gasteiger partial charge >= 0.3 is 12.1 Å². The number of carboxylic acids is 1. The highest BCUT2D eigenvalue weighted by Gasteiger charge is 2.59. The van der Waals surface area contributed by atoms with Crippen molar-refractivity contribution in [3.8, 4) is 0 Å². The van der Waals surface area contributed by atoms with E-state index >= 15 is 0 Å². The first-order valence-corrected chi connectivity index (χ1v) is 13.7. The summed E-state index contributed by atoms with van der Waals surface area (Å²) in [5, 5.41) is 9.83. The quantitative estimate of drug-likeness (QED) is 0.363. The molecule has 3 rings (SSSR count). The van der Waals surface area contributed by atoms with E-state index in [0.29, 0.717) is 19.5 Å². The van der Waals surface area contributed by atoms with Crippen molar-refractivity contribution in [1.82, 2.24) is 9.80 Å². The number of nitrogens with zero attached hydrogens (tertiary/aromatic N) is 2. The Kier molecular flexibility index (Phi) is 6.14. The Bertz CT molecular complexity index is 824. The fourth-order valence-electron chi connectivity index (χ4n) is 4.44. The predicted octanol–water partition coefficient (Wildman–Crippen LogP) is 3.22. The Balaban J connectivity index is 1.70. The van der Waals surface area contributed by atoms with Gasteiger partial charge in [-0.15, -0.1) is 0 Å². The van der Waals surface area contributed by atoms with Crippen molar-refractivity contribution in [2.24, 2.45) is 11.8 Å². The smallest absolute Gasteiger partial charge is 0.410 e. The van der Waals surface area contributed by atoms with Gasteiger partial charge in [-0.2, -0.15) is 0 Å². The SMILES string of the molecule is C=CCOC(=O)N1CC(C2=C(C(=O)O)N3C(=O)[C@H]([C@@H](C)O[Si](C)(C)C(C)(C)C)[C@H]3C2)C1. The van der Waals surface area contributed by atoms with Gasteiger partial charge in [-0.1, -0.05) is 33.4 Å². The van der Waals surface area contributed by atoms with E-state index in [1.165, 1.54) is 11.0 Å². The highest BCUT2D eigenvalue weighted by Crippen LogP contribution is 2.49. The number of fused-ring (bicyclic) bond motifs is 1. The molecule has 0 aliphatic carbocycles. The van der Waals surface area contributed by atoms with E-state index in [1.54, 1.807) is 4.90 Å². The van der Waals surface area contributed by atoms with Gasteiger partial charge in [-0.3, -0.25) is 4.79 Å². The zero-order chi connectivity index (χ0) is 23.3. The second kappa shape index (κ2) is 8.09. The predicted molar refractivity (Wildman–Crippen MR) is 118 cm³/mol. The number of hydrogen-bond donors (Lipinski definition) is 1. The van der Waals surface area contributed by atoms with Gasteiger partial charge < -0.3 is 24.1 Å². The molecule has 2 saturated heterocycles. The molecule has 3 atom stereocenters. The Morgan fingerprint density at radius 1 is 1.32 bits per heavy atom. The van der Waals surface area contributed by atoms with Crippen molar-refractivity contribution in [3.05, 3.63) is 23.9 Å². The first kappa shape index (κ1) is 23.5. The van der Waals surface area contributed by atoms with Crippen molar-refractivity contribution >= 4 is 26.3 Å². The molecule has 0 radical (unpaired) electrons. The van der Waals surface area contributed by atoms with Crippen LogP contribution < -0.4 is 0 Å². The minimum absolute atomic E-state index is 0.0225. The van der Waals surface area contributed by atoms with Crippen LogP contribution in [-0.4, -0.2) is 73.0 Å². The van der Waals surface area contributed by atoms with E-state index in [0.717, 1.165) is 5.57 Å². The van der Waals surface area contributed by atoms with Crippen LogP contribution in [0, 0.1) is 11.8 Å². The maximum Gasteiger partial charge on any atom is 0.410 e. The second-order valence-electron chi connectivity index (χ2n) is 10.2. The standard InChI is InChI=1S/C22H34N2O6Si/c1-8-9-29-21(28)23-11-14(12-23)15-10-16-17(19(25)24(16)18(15)20(26)27)13(2)30-31(6,7)22(3,4)5/h8,13-14,16-17H,1,9-12H2,2-7H3,(H,26,27)/t13-,16-,17-/m1/s1. The molecule has 3 aliphatic rings. The summed E-state index contributed by atoms with van der Waals surface area (Å²) in [6.07, 6.45) is 1.32. The second-order valence-corrected chi connectivity index (χ2v) is 15.0. The number of hydrogen-bond acceptors (Lipinski definition) is 5. The van der Waals surface area contributed by atoms with Crippen LogP contribution in [0.1, 0.15) is 34.1 Å². The van der Waals surface area contributed by atoms with Gasteiger partial charge in [0, 0.05) is 19.0 Å². The topological polar surface area (TPSA) is 96.4 Å². The average molecular weight is 451 g/mol. The van der Waals surface area contributed by atoms with Crippen molar-refractivity contribution < 1.29 is 28.7 Å². The number of ether oxygens (including phenoxy) is 1. The molecule has 0 bridgehead atoms. The van der Waals surface area contributed by atoms with Crippen molar-refractivity contribution in [2.45, 2.75) is 64.4 Å². The first-order chi connectivity index (χ1) is 14.3. The van der Waals surface area contributed by atoms with Crippen LogP contribution in [0.5, 0.6) is 0 Å². The summed E-state index contributed by atoms with van der Waals surface area (Å²) in [5.41, 5.74) is 0.843. The van der Waals surface area contributed by atoms with E-state index in [1.807, 2.05) is 6.92 Å². The summed E-state index contributed by atoms with van der Waals surface area (Å²) in [6, 6.07) is -0.185. The van der Waals surface area contributed by atoms with E-state index in [9.17, 15) is 19.5 Å². The molecule has 3 heterocycles. The maximum absolute atomic E-state index is 13.0. The number of amides is 2. The molecule has 0 aromatic rings. The summed E-state index contributed by atoms with van der Waals surface area (Å²) in [4.78, 5) is 39.9. The fraction of sp³-hybridized carbons (Fsp3) is 0.682. The normalized spacial score (nSPS) is 25.0. The number of carbonyl (C=O) groups is 3. The number of β-lactam (4-membered cyclic amide) rings is 1. The summed E-state index contributed by atoms with van der Waals surface area (Å²) >= 11 is 0. The third kappa shape index (κ3) is 4.05. The number of rotatable bonds is 7. The molecule has 1 N–H and O–H groups in total. The molecular weight excluding hydrogens is 416 g/mol. The van der Waals surface area contributed by atoms with Crippen LogP contribution in [0.15, 0.2) is 23.9 Å². The van der Waals surface area contributed by atoms with Gasteiger partial charge in [0.1, 0.15) is 12.3 Å². The van der Waals surface area contributed by atoms with Gasteiger partial charge in [-0.05, 0) is 37.0 Å². The Morgan fingerprint density at radius 2 is 1.94 bits per heavy atom. The molecule has 0 saturated carbocycles. The molecule has 9 heteroatoms. The highest BCUT2D eigenvalue weighted by atomic mass is 28.4. The van der Waals surface area contributed by atoms with Gasteiger partial charge in [-0.25, -0.2) is 9.59 Å². The molecule has 0 aromatic heterocycles. The lowest BCUT2D eigenvalue weighted by molar-refractivity contribution is -0.160. The lowest BCUT2D eigenvalue weighted by Crippen LogP contribution is -2.63. The summed E-state index contributed by atoms with van der Waals surface area (Å²) < 4.78 is 11.5. The Hall–Kier alpha value is -2.13. The molecule has 0 aromatic carbocycles. The van der Waals surface area contributed by atoms with Gasteiger partial charge in [0.2, 0.25) is 5.91 Å². The molecule has 31 heavy (non-hydrogen) atoms. The van der Waals surface area contributed by atoms with E-state index < -0.39 is 20.4 Å². The first-order valence-electron chi connectivity index (χ1n) is 10.8. The van der Waals surface area contributed by atoms with E-state index in [-0.39, 0.29) is 47.2 Å². The van der Waals surface area contributed by atoms with Crippen LogP contribution in [0.25, 0.3) is 0 Å². The van der Waals surface area contributed by atoms with Gasteiger partial charge in [0.15, 0.2) is 8.32 Å². The number of carbonyl (C=O) groups excluding carboxylic acids is 2. The number of carboxylic acid groups (broad SMARTS) is 1. The molecule has 8 nitrogen and oxygen atoms in total. The van der Waals surface area contributed by atoms with Crippen LogP contribution in [0.4, 0.5) is 4.79 Å². The van der Waals surface area contributed by atoms with Crippen LogP contribution in [0.2, 0.25) is 18.1 Å². The highest BCUT2D eigenvalue weighted by molar-refractivity contribution is 6.74. The van der Waals surface area contributed by atoms with Crippen LogP contribution >= 0.6 is 0 Å². The van der Waals surface area contributed by atoms with Gasteiger partial charge in [0.25, 0.3) is 0 Å². The van der Waals surface area contributed by atoms with Crippen LogP contribution in [0.3, 0.4) is 0 Å². The lowest BCUT2D eigenvalue weighted by atomic mass is 9.81. The minimum Gasteiger partial charge on any atom is -0.477 e. The number of likely N-dealkylation sites (tertiary alicyclic amines) is 1. The lowest BCUT2D eigenvalue weighted by Gasteiger charge is -2.48. The van der Waals surface area contributed by atoms with Crippen molar-refractivity contribution in [2.75, 3.05) is 19.7 Å². The molecule has 2 amide bonds. The number of aliphatic carboxylic acids is 1. The average Bonchev–Trinajstić information content (AvgIpc) is 2.92. The van der Waals surface area contributed by atoms with Crippen molar-refractivity contribution in [3.63, 3.8) is 0 Å². The Labute approximate surface area is 185 Å². The van der Waals surface area contributed by atoms with Gasteiger partial charge in [0.05, 0.1) is 18.1 Å². The van der Waals surface area contributed by atoms with E-state index in [2.05, 4.69) is 40.4 Å². The zero-order valence-electron chi connectivity index (χ0n) is 19.3. The molecule has 2 fully saturated rings. The third-order valence-electron chi connectivity index (χ3n) is 7.20. The minimum atomic E-state index is -2.06. The maximum atomic E-state index is 13.0. The molecule has 172 valence electrons. The summed E-state index contributed by atoms with van der Waals surface area (Å²) in [7, 11) is -2.06. The van der Waals surface area contributed by atoms with Crippen LogP contribution in [-0.2, 0) is 18.8 Å². The largest absolute Gasteiger partial charge is 0.477 e. The van der Waals surface area contributed by atoms with E-state index in [4.69, 9.17) is 9.16 Å². The molecular formula is C22H34N2O6Si. The third-order valence-corrected chi connectivity index (χ3v) is 11.8. The summed E-state index contributed by atoms with van der Waals surface area (Å²) in [6.45, 7) is 17.2. The van der Waals surface area contributed by atoms with Crippen molar-refractivity contribution in [1.29, 1.82) is 0 Å². The summed E-state index contributed by atoms with van der Waals surface area (Å²) in [5.74, 6) is -1.67. The fourth-order valence-corrected chi connectivity index (χ4v) is 5.87. The molecule has 3 aliphatic heterocycles. The Morgan fingerprint density at radius 3 is 2.45 bits per heavy atom. The zero-order valence-corrected chi connectivity index (χ0v) is 20.3.